The van der Waals surface area contributed by atoms with Gasteiger partial charge in [-0.25, -0.2) is 9.98 Å². The molecule has 2 N–H and O–H groups in total. The molecule has 0 aliphatic rings. The van der Waals surface area contributed by atoms with E-state index < -0.39 is 0 Å². The summed E-state index contributed by atoms with van der Waals surface area (Å²) in [7, 11) is 0. The second kappa shape index (κ2) is 9.02. The Hall–Kier alpha value is -3.09. The first-order valence-electron chi connectivity index (χ1n) is 9.16. The van der Waals surface area contributed by atoms with Gasteiger partial charge in [0.2, 0.25) is 5.89 Å². The maximum Gasteiger partial charge on any atom is 0.226 e. The van der Waals surface area contributed by atoms with Gasteiger partial charge in [-0.2, -0.15) is 5.10 Å². The van der Waals surface area contributed by atoms with Crippen molar-refractivity contribution in [1.29, 1.82) is 0 Å². The van der Waals surface area contributed by atoms with E-state index in [0.717, 1.165) is 42.4 Å². The summed E-state index contributed by atoms with van der Waals surface area (Å²) in [6.07, 6.45) is 5.54. The van der Waals surface area contributed by atoms with Gasteiger partial charge in [-0.1, -0.05) is 17.7 Å². The molecule has 142 valence electrons. The highest BCUT2D eigenvalue weighted by atomic mass is 16.3. The van der Waals surface area contributed by atoms with Crippen LogP contribution in [0.3, 0.4) is 0 Å². The van der Waals surface area contributed by atoms with Gasteiger partial charge in [-0.05, 0) is 38.5 Å². The summed E-state index contributed by atoms with van der Waals surface area (Å²) in [6.45, 7) is 8.89. The number of benzene rings is 1. The van der Waals surface area contributed by atoms with Gasteiger partial charge in [-0.15, -0.1) is 0 Å². The van der Waals surface area contributed by atoms with Crippen molar-refractivity contribution in [3.05, 3.63) is 59.7 Å². The molecule has 0 saturated carbocycles. The molecule has 0 radical (unpaired) electrons. The number of aromatic nitrogens is 3. The molecular formula is C20H26N6O. The highest BCUT2D eigenvalue weighted by Crippen LogP contribution is 2.19. The summed E-state index contributed by atoms with van der Waals surface area (Å²) in [6, 6.07) is 8.12. The summed E-state index contributed by atoms with van der Waals surface area (Å²) in [5, 5.41) is 10.8. The smallest absolute Gasteiger partial charge is 0.226 e. The number of hydrogen-bond donors (Lipinski definition) is 2. The van der Waals surface area contributed by atoms with E-state index in [1.54, 1.807) is 6.26 Å². The Morgan fingerprint density at radius 3 is 2.67 bits per heavy atom. The standard InChI is InChI=1S/C20H26N6O/c1-4-21-20(22-9-10-26-13-16(3)11-24-26)23-12-18-14-27-19(25-18)17-7-5-15(2)6-8-17/h5-8,11,13-14H,4,9-10,12H2,1-3H3,(H2,21,22,23). The number of nitrogens with zero attached hydrogens (tertiary/aromatic N) is 4. The first-order valence-corrected chi connectivity index (χ1v) is 9.16. The zero-order valence-electron chi connectivity index (χ0n) is 16.1. The van der Waals surface area contributed by atoms with Gasteiger partial charge >= 0.3 is 0 Å². The number of guanidine groups is 1. The zero-order chi connectivity index (χ0) is 19.1. The molecule has 27 heavy (non-hydrogen) atoms. The number of hydrogen-bond acceptors (Lipinski definition) is 4. The molecule has 0 aliphatic heterocycles. The van der Waals surface area contributed by atoms with Crippen molar-refractivity contribution in [2.45, 2.75) is 33.9 Å². The third kappa shape index (κ3) is 5.44. The van der Waals surface area contributed by atoms with E-state index in [0.29, 0.717) is 12.4 Å². The van der Waals surface area contributed by atoms with Gasteiger partial charge in [0.15, 0.2) is 5.96 Å². The quantitative estimate of drug-likeness (QED) is 0.496. The van der Waals surface area contributed by atoms with Crippen molar-refractivity contribution >= 4 is 5.96 Å². The van der Waals surface area contributed by atoms with Gasteiger partial charge in [-0.3, -0.25) is 4.68 Å². The largest absolute Gasteiger partial charge is 0.444 e. The summed E-state index contributed by atoms with van der Waals surface area (Å²) in [4.78, 5) is 9.11. The Morgan fingerprint density at radius 1 is 1.15 bits per heavy atom. The molecule has 3 aromatic rings. The van der Waals surface area contributed by atoms with Gasteiger partial charge in [0.05, 0.1) is 19.3 Å². The molecule has 7 heteroatoms. The minimum absolute atomic E-state index is 0.450. The number of nitrogens with one attached hydrogen (secondary N) is 2. The van der Waals surface area contributed by atoms with Gasteiger partial charge in [0, 0.05) is 24.8 Å². The molecule has 3 rings (SSSR count). The van der Waals surface area contributed by atoms with Gasteiger partial charge < -0.3 is 15.1 Å². The molecule has 7 nitrogen and oxygen atoms in total. The number of aliphatic imine (C=N–C) groups is 1. The summed E-state index contributed by atoms with van der Waals surface area (Å²) in [5.41, 5.74) is 4.13. The molecule has 0 fully saturated rings. The summed E-state index contributed by atoms with van der Waals surface area (Å²) >= 11 is 0. The molecule has 0 atom stereocenters. The van der Waals surface area contributed by atoms with Crippen LogP contribution in [0.15, 0.2) is 52.3 Å². The number of oxazole rings is 1. The monoisotopic (exact) mass is 366 g/mol. The maximum absolute atomic E-state index is 5.59. The fourth-order valence-corrected chi connectivity index (χ4v) is 2.59. The normalized spacial score (nSPS) is 11.6. The number of aryl methyl sites for hydroxylation is 2. The lowest BCUT2D eigenvalue weighted by molar-refractivity contribution is 0.572. The highest BCUT2D eigenvalue weighted by molar-refractivity contribution is 5.79. The Kier molecular flexibility index (Phi) is 6.25. The van der Waals surface area contributed by atoms with E-state index in [9.17, 15) is 0 Å². The van der Waals surface area contributed by atoms with Crippen molar-refractivity contribution in [2.24, 2.45) is 4.99 Å². The van der Waals surface area contributed by atoms with E-state index in [-0.39, 0.29) is 0 Å². The van der Waals surface area contributed by atoms with Crippen LogP contribution in [0.1, 0.15) is 23.7 Å². The fraction of sp³-hybridized carbons (Fsp3) is 0.350. The lowest BCUT2D eigenvalue weighted by Crippen LogP contribution is -2.38. The Bertz CT molecular complexity index is 878. The molecule has 1 aromatic carbocycles. The first-order chi connectivity index (χ1) is 13.1. The lowest BCUT2D eigenvalue weighted by atomic mass is 10.1. The average Bonchev–Trinajstić information content (AvgIpc) is 3.29. The molecule has 2 heterocycles. The van der Waals surface area contributed by atoms with Crippen LogP contribution < -0.4 is 10.6 Å². The minimum atomic E-state index is 0.450. The molecule has 2 aromatic heterocycles. The van der Waals surface area contributed by atoms with Crippen LogP contribution in [0.2, 0.25) is 0 Å². The molecule has 0 spiro atoms. The van der Waals surface area contributed by atoms with Gasteiger partial charge in [0.1, 0.15) is 12.0 Å². The summed E-state index contributed by atoms with van der Waals surface area (Å²) in [5.74, 6) is 1.37. The molecule has 0 aliphatic carbocycles. The molecule has 0 amide bonds. The Balaban J connectivity index is 1.57. The second-order valence-electron chi connectivity index (χ2n) is 6.41. The number of rotatable bonds is 7. The van der Waals surface area contributed by atoms with Crippen molar-refractivity contribution in [3.8, 4) is 11.5 Å². The van der Waals surface area contributed by atoms with Crippen LogP contribution in [0, 0.1) is 13.8 Å². The Morgan fingerprint density at radius 2 is 1.96 bits per heavy atom. The minimum Gasteiger partial charge on any atom is -0.444 e. The molecule has 0 bridgehead atoms. The summed E-state index contributed by atoms with van der Waals surface area (Å²) < 4.78 is 7.51. The predicted octanol–water partition coefficient (Wildman–Crippen LogP) is 2.91. The van der Waals surface area contributed by atoms with E-state index >= 15 is 0 Å². The van der Waals surface area contributed by atoms with E-state index in [1.165, 1.54) is 5.56 Å². The highest BCUT2D eigenvalue weighted by Gasteiger charge is 2.07. The molecule has 0 saturated heterocycles. The second-order valence-corrected chi connectivity index (χ2v) is 6.41. The lowest BCUT2D eigenvalue weighted by Gasteiger charge is -2.10. The van der Waals surface area contributed by atoms with Crippen LogP contribution in [0.25, 0.3) is 11.5 Å². The fourth-order valence-electron chi connectivity index (χ4n) is 2.59. The molecule has 0 unspecified atom stereocenters. The van der Waals surface area contributed by atoms with Gasteiger partial charge in [0.25, 0.3) is 0 Å². The SMILES string of the molecule is CCNC(=NCc1coc(-c2ccc(C)cc2)n1)NCCn1cc(C)cn1. The van der Waals surface area contributed by atoms with Crippen LogP contribution in [0.5, 0.6) is 0 Å². The van der Waals surface area contributed by atoms with Crippen molar-refractivity contribution < 1.29 is 4.42 Å². The van der Waals surface area contributed by atoms with Crippen LogP contribution >= 0.6 is 0 Å². The van der Waals surface area contributed by atoms with E-state index in [2.05, 4.69) is 32.6 Å². The predicted molar refractivity (Wildman–Crippen MR) is 106 cm³/mol. The van der Waals surface area contributed by atoms with Crippen molar-refractivity contribution in [2.75, 3.05) is 13.1 Å². The van der Waals surface area contributed by atoms with Crippen molar-refractivity contribution in [3.63, 3.8) is 0 Å². The van der Waals surface area contributed by atoms with Crippen LogP contribution in [-0.4, -0.2) is 33.8 Å². The zero-order valence-corrected chi connectivity index (χ0v) is 16.1. The topological polar surface area (TPSA) is 80.3 Å². The van der Waals surface area contributed by atoms with E-state index in [4.69, 9.17) is 4.42 Å². The van der Waals surface area contributed by atoms with E-state index in [1.807, 2.05) is 55.2 Å². The maximum atomic E-state index is 5.59. The average molecular weight is 366 g/mol. The third-order valence-corrected chi connectivity index (χ3v) is 3.99. The first kappa shape index (κ1) is 18.7. The van der Waals surface area contributed by atoms with Crippen LogP contribution in [-0.2, 0) is 13.1 Å². The Labute approximate surface area is 159 Å². The third-order valence-electron chi connectivity index (χ3n) is 3.99. The molecular weight excluding hydrogens is 340 g/mol. The van der Waals surface area contributed by atoms with Crippen LogP contribution in [0.4, 0.5) is 0 Å². The van der Waals surface area contributed by atoms with Crippen molar-refractivity contribution in [1.82, 2.24) is 25.4 Å².